The summed E-state index contributed by atoms with van der Waals surface area (Å²) in [6, 6.07) is 78.9. The fourth-order valence-corrected chi connectivity index (χ4v) is 10.1. The maximum Gasteiger partial charge on any atom is 0.137 e. The van der Waals surface area contributed by atoms with Gasteiger partial charge in [-0.25, -0.2) is 0 Å². The first-order valence-electron chi connectivity index (χ1n) is 21.4. The first kappa shape index (κ1) is 36.0. The van der Waals surface area contributed by atoms with Gasteiger partial charge in [0.2, 0.25) is 0 Å². The molecule has 294 valence electrons. The monoisotopic (exact) mass is 794 g/mol. The highest BCUT2D eigenvalue weighted by Crippen LogP contribution is 2.53. The van der Waals surface area contributed by atoms with Crippen LogP contribution in [0.1, 0.15) is 25.0 Å². The zero-order chi connectivity index (χ0) is 41.4. The molecule has 3 nitrogen and oxygen atoms in total. The Morgan fingerprint density at radius 2 is 0.952 bits per heavy atom. The second kappa shape index (κ2) is 14.1. The standard InChI is InChI=1S/C59H42N2O/c1-59(2)53-26-14-12-24-47(53)48-33-31-44(37-54(48)59)61(55-27-15-13-23-46(55)39-17-6-3-7-18-39)43-30-29-40-35-52-49-34-32-45(60(41-19-8-4-9-20-41)42-21-10-5-11-22-42)38-57(49)62-56-28-16-25-50(58(52)56)51(40)36-43/h3-38H,1-2H3. The molecule has 3 heteroatoms. The van der Waals surface area contributed by atoms with Crippen LogP contribution in [-0.4, -0.2) is 0 Å². The topological polar surface area (TPSA) is 15.7 Å². The van der Waals surface area contributed by atoms with E-state index >= 15 is 0 Å². The van der Waals surface area contributed by atoms with Crippen LogP contribution >= 0.6 is 0 Å². The molecule has 0 atom stereocenters. The van der Waals surface area contributed by atoms with Gasteiger partial charge in [-0.15, -0.1) is 0 Å². The summed E-state index contributed by atoms with van der Waals surface area (Å²) in [6.07, 6.45) is 0. The summed E-state index contributed by atoms with van der Waals surface area (Å²) in [5.41, 5.74) is 16.4. The average Bonchev–Trinajstić information content (AvgIpc) is 3.55. The zero-order valence-corrected chi connectivity index (χ0v) is 34.6. The van der Waals surface area contributed by atoms with Crippen molar-refractivity contribution in [1.29, 1.82) is 0 Å². The molecule has 0 N–H and O–H groups in total. The zero-order valence-electron chi connectivity index (χ0n) is 34.6. The molecular weight excluding hydrogens is 753 g/mol. The van der Waals surface area contributed by atoms with Crippen molar-refractivity contribution < 1.29 is 4.74 Å². The number of hydrogen-bond acceptors (Lipinski definition) is 3. The van der Waals surface area contributed by atoms with Crippen molar-refractivity contribution in [1.82, 2.24) is 0 Å². The molecule has 0 aromatic heterocycles. The maximum absolute atomic E-state index is 6.89. The first-order valence-corrected chi connectivity index (χ1v) is 21.4. The highest BCUT2D eigenvalue weighted by Gasteiger charge is 2.36. The lowest BCUT2D eigenvalue weighted by atomic mass is 9.82. The van der Waals surface area contributed by atoms with Crippen molar-refractivity contribution >= 4 is 55.7 Å². The van der Waals surface area contributed by atoms with Crippen LogP contribution in [0.5, 0.6) is 11.5 Å². The fourth-order valence-electron chi connectivity index (χ4n) is 10.1. The van der Waals surface area contributed by atoms with E-state index in [9.17, 15) is 0 Å². The van der Waals surface area contributed by atoms with Crippen LogP contribution in [0.4, 0.5) is 34.1 Å². The molecule has 0 saturated heterocycles. The molecule has 10 aromatic carbocycles. The van der Waals surface area contributed by atoms with E-state index in [0.29, 0.717) is 0 Å². The third-order valence-corrected chi connectivity index (χ3v) is 13.0. The SMILES string of the molecule is CC1(C)c2ccccc2-c2ccc(N(c3ccc4cc5c6c(cccc6c4c3)Oc3cc(N(c4ccccc4)c4ccccc4)ccc3-5)c3ccccc3-c3ccccc3)cc21. The Kier molecular flexibility index (Phi) is 8.20. The summed E-state index contributed by atoms with van der Waals surface area (Å²) in [7, 11) is 0. The molecule has 1 aliphatic carbocycles. The maximum atomic E-state index is 6.89. The molecular formula is C59H42N2O. The van der Waals surface area contributed by atoms with E-state index in [-0.39, 0.29) is 5.41 Å². The number of fused-ring (bicyclic) bond motifs is 7. The lowest BCUT2D eigenvalue weighted by molar-refractivity contribution is 0.487. The van der Waals surface area contributed by atoms with Crippen molar-refractivity contribution in [2.75, 3.05) is 9.80 Å². The van der Waals surface area contributed by atoms with Crippen molar-refractivity contribution in [3.63, 3.8) is 0 Å². The molecule has 10 aromatic rings. The van der Waals surface area contributed by atoms with Gasteiger partial charge in [-0.3, -0.25) is 0 Å². The molecule has 0 amide bonds. The van der Waals surface area contributed by atoms with E-state index < -0.39 is 0 Å². The molecule has 0 unspecified atom stereocenters. The van der Waals surface area contributed by atoms with Crippen molar-refractivity contribution in [2.45, 2.75) is 19.3 Å². The van der Waals surface area contributed by atoms with Gasteiger partial charge in [0.25, 0.3) is 0 Å². The van der Waals surface area contributed by atoms with E-state index in [2.05, 4.69) is 242 Å². The molecule has 0 radical (unpaired) electrons. The molecule has 62 heavy (non-hydrogen) atoms. The van der Waals surface area contributed by atoms with Crippen LogP contribution < -0.4 is 14.5 Å². The second-order valence-corrected chi connectivity index (χ2v) is 16.9. The summed E-state index contributed by atoms with van der Waals surface area (Å²) in [5.74, 6) is 1.72. The van der Waals surface area contributed by atoms with Gasteiger partial charge in [0.1, 0.15) is 11.5 Å². The highest BCUT2D eigenvalue weighted by molar-refractivity contribution is 6.18. The number of benzene rings is 10. The summed E-state index contributed by atoms with van der Waals surface area (Å²) in [5, 5.41) is 4.67. The smallest absolute Gasteiger partial charge is 0.137 e. The number of rotatable bonds is 7. The van der Waals surface area contributed by atoms with Gasteiger partial charge >= 0.3 is 0 Å². The number of para-hydroxylation sites is 3. The normalized spacial score (nSPS) is 12.9. The molecule has 12 rings (SSSR count). The molecule has 1 aliphatic heterocycles. The minimum atomic E-state index is -0.134. The molecule has 0 spiro atoms. The third kappa shape index (κ3) is 5.66. The van der Waals surface area contributed by atoms with Crippen LogP contribution in [-0.2, 0) is 5.41 Å². The minimum Gasteiger partial charge on any atom is -0.456 e. The Morgan fingerprint density at radius 1 is 0.355 bits per heavy atom. The molecule has 1 heterocycles. The van der Waals surface area contributed by atoms with Gasteiger partial charge in [0.15, 0.2) is 0 Å². The van der Waals surface area contributed by atoms with Gasteiger partial charge < -0.3 is 14.5 Å². The Hall–Kier alpha value is -7.88. The van der Waals surface area contributed by atoms with Gasteiger partial charge in [-0.1, -0.05) is 147 Å². The minimum absolute atomic E-state index is 0.134. The third-order valence-electron chi connectivity index (χ3n) is 13.0. The quantitative estimate of drug-likeness (QED) is 0.149. The number of hydrogen-bond donors (Lipinski definition) is 0. The summed E-state index contributed by atoms with van der Waals surface area (Å²) >= 11 is 0. The van der Waals surface area contributed by atoms with Crippen molar-refractivity contribution in [2.24, 2.45) is 0 Å². The Bertz CT molecular complexity index is 3320. The van der Waals surface area contributed by atoms with Crippen molar-refractivity contribution in [3.05, 3.63) is 230 Å². The number of anilines is 6. The van der Waals surface area contributed by atoms with Crippen LogP contribution in [0.2, 0.25) is 0 Å². The number of nitrogens with zero attached hydrogens (tertiary/aromatic N) is 2. The van der Waals surface area contributed by atoms with Gasteiger partial charge in [0.05, 0.1) is 5.69 Å². The molecule has 2 aliphatic rings. The Balaban J connectivity index is 1.02. The first-order chi connectivity index (χ1) is 30.5. The Morgan fingerprint density at radius 3 is 1.71 bits per heavy atom. The molecule has 0 bridgehead atoms. The summed E-state index contributed by atoms with van der Waals surface area (Å²) in [4.78, 5) is 4.74. The lowest BCUT2D eigenvalue weighted by Gasteiger charge is -2.30. The van der Waals surface area contributed by atoms with E-state index in [1.54, 1.807) is 0 Å². The van der Waals surface area contributed by atoms with E-state index in [1.165, 1.54) is 55.1 Å². The molecule has 0 fully saturated rings. The van der Waals surface area contributed by atoms with Gasteiger partial charge in [0, 0.05) is 56.4 Å². The van der Waals surface area contributed by atoms with Crippen LogP contribution in [0.25, 0.3) is 54.9 Å². The molecule has 0 saturated carbocycles. The van der Waals surface area contributed by atoms with E-state index in [0.717, 1.165) is 56.6 Å². The van der Waals surface area contributed by atoms with Gasteiger partial charge in [-0.05, 0) is 128 Å². The fraction of sp³-hybridized carbons (Fsp3) is 0.0508. The predicted octanol–water partition coefficient (Wildman–Crippen LogP) is 16.7. The lowest BCUT2D eigenvalue weighted by Crippen LogP contribution is -2.16. The van der Waals surface area contributed by atoms with Crippen LogP contribution in [0, 0.1) is 0 Å². The van der Waals surface area contributed by atoms with Crippen LogP contribution in [0.15, 0.2) is 218 Å². The second-order valence-electron chi connectivity index (χ2n) is 16.9. The summed E-state index contributed by atoms with van der Waals surface area (Å²) < 4.78 is 6.89. The largest absolute Gasteiger partial charge is 0.456 e. The van der Waals surface area contributed by atoms with Crippen LogP contribution in [0.3, 0.4) is 0 Å². The van der Waals surface area contributed by atoms with E-state index in [4.69, 9.17) is 4.74 Å². The summed E-state index contributed by atoms with van der Waals surface area (Å²) in [6.45, 7) is 4.71. The van der Waals surface area contributed by atoms with E-state index in [1.807, 2.05) is 0 Å². The highest BCUT2D eigenvalue weighted by atomic mass is 16.5. The van der Waals surface area contributed by atoms with Crippen molar-refractivity contribution in [3.8, 4) is 44.9 Å². The number of ether oxygens (including phenoxy) is 1. The average molecular weight is 795 g/mol. The predicted molar refractivity (Wildman–Crippen MR) is 259 cm³/mol. The van der Waals surface area contributed by atoms with Gasteiger partial charge in [-0.2, -0.15) is 0 Å². The Labute approximate surface area is 362 Å².